The Morgan fingerprint density at radius 1 is 1.12 bits per heavy atom. The molecule has 2 aromatic carbocycles. The van der Waals surface area contributed by atoms with Gasteiger partial charge < -0.3 is 4.74 Å². The molecule has 7 heteroatoms. The summed E-state index contributed by atoms with van der Waals surface area (Å²) in [6.45, 7) is 4.89. The van der Waals surface area contributed by atoms with Crippen molar-refractivity contribution in [3.63, 3.8) is 0 Å². The normalized spacial score (nSPS) is 10.5. The number of hydrogen-bond acceptors (Lipinski definition) is 3. The third-order valence-corrected chi connectivity index (χ3v) is 5.12. The lowest BCUT2D eigenvalue weighted by atomic mass is 10.1. The molecule has 138 valence electrons. The molecule has 5 nitrogen and oxygen atoms in total. The first-order valence-corrected chi connectivity index (χ1v) is 10.0. The van der Waals surface area contributed by atoms with E-state index in [4.69, 9.17) is 4.74 Å². The number of ether oxygens (including phenoxy) is 1. The van der Waals surface area contributed by atoms with Crippen molar-refractivity contribution in [3.05, 3.63) is 61.6 Å². The van der Waals surface area contributed by atoms with Crippen LogP contribution in [0.2, 0.25) is 0 Å². The molecule has 2 aromatic rings. The van der Waals surface area contributed by atoms with Crippen molar-refractivity contribution in [3.8, 4) is 5.75 Å². The van der Waals surface area contributed by atoms with E-state index >= 15 is 0 Å². The molecule has 0 aromatic heterocycles. The molecule has 0 aliphatic heterocycles. The summed E-state index contributed by atoms with van der Waals surface area (Å²) in [6.07, 6.45) is 0.957. The Labute approximate surface area is 175 Å². The van der Waals surface area contributed by atoms with Gasteiger partial charge in [-0.2, -0.15) is 0 Å². The van der Waals surface area contributed by atoms with Crippen molar-refractivity contribution >= 4 is 50.3 Å². The van der Waals surface area contributed by atoms with Gasteiger partial charge in [0.15, 0.2) is 0 Å². The summed E-state index contributed by atoms with van der Waals surface area (Å²) < 4.78 is 7.20. The van der Waals surface area contributed by atoms with E-state index in [1.165, 1.54) is 0 Å². The molecule has 0 heterocycles. The zero-order chi connectivity index (χ0) is 19.1. The maximum Gasteiger partial charge on any atom is 0.270 e. The lowest BCUT2D eigenvalue weighted by Gasteiger charge is -2.12. The van der Waals surface area contributed by atoms with E-state index in [0.717, 1.165) is 9.99 Å². The van der Waals surface area contributed by atoms with Crippen LogP contribution in [0.4, 0.5) is 0 Å². The first-order valence-electron chi connectivity index (χ1n) is 8.16. The quantitative estimate of drug-likeness (QED) is 0.425. The molecule has 26 heavy (non-hydrogen) atoms. The second-order valence-electron chi connectivity index (χ2n) is 6.06. The summed E-state index contributed by atoms with van der Waals surface area (Å²) in [5, 5.41) is 0. The van der Waals surface area contributed by atoms with Crippen LogP contribution in [0, 0.1) is 9.49 Å². The third kappa shape index (κ3) is 5.98. The first-order chi connectivity index (χ1) is 12.4. The number of halogens is 2. The van der Waals surface area contributed by atoms with Crippen molar-refractivity contribution in [2.45, 2.75) is 20.3 Å². The summed E-state index contributed by atoms with van der Waals surface area (Å²) in [5.41, 5.74) is 5.77. The smallest absolute Gasteiger partial charge is 0.270 e. The lowest BCUT2D eigenvalue weighted by molar-refractivity contribution is 0.0846. The summed E-state index contributed by atoms with van der Waals surface area (Å²) >= 11 is 5.49. The van der Waals surface area contributed by atoms with Gasteiger partial charge in [0.2, 0.25) is 0 Å². The van der Waals surface area contributed by atoms with E-state index in [1.54, 1.807) is 30.3 Å². The predicted octanol–water partition coefficient (Wildman–Crippen LogP) is 4.55. The van der Waals surface area contributed by atoms with Gasteiger partial charge in [-0.15, -0.1) is 0 Å². The Morgan fingerprint density at radius 3 is 2.46 bits per heavy atom. The molecule has 2 rings (SSSR count). The van der Waals surface area contributed by atoms with Crippen LogP contribution < -0.4 is 15.6 Å². The molecular formula is C19H20BrIN2O3. The monoisotopic (exact) mass is 530 g/mol. The number of rotatable bonds is 6. The minimum absolute atomic E-state index is 0.365. The zero-order valence-electron chi connectivity index (χ0n) is 14.5. The second kappa shape index (κ2) is 9.91. The molecule has 2 N–H and O–H groups in total. The molecule has 0 saturated heterocycles. The van der Waals surface area contributed by atoms with Crippen LogP contribution in [0.25, 0.3) is 0 Å². The van der Waals surface area contributed by atoms with Gasteiger partial charge in [0, 0.05) is 9.13 Å². The minimum atomic E-state index is -0.404. The van der Waals surface area contributed by atoms with Crippen molar-refractivity contribution < 1.29 is 14.3 Å². The Bertz CT molecular complexity index is 796. The molecule has 0 aliphatic carbocycles. The topological polar surface area (TPSA) is 67.4 Å². The van der Waals surface area contributed by atoms with Crippen LogP contribution >= 0.6 is 38.5 Å². The lowest BCUT2D eigenvalue weighted by Crippen LogP contribution is -2.41. The number of carbonyl (C=O) groups is 2. The number of hydrogen-bond donors (Lipinski definition) is 2. The Kier molecular flexibility index (Phi) is 7.89. The van der Waals surface area contributed by atoms with Crippen LogP contribution in [0.15, 0.2) is 46.9 Å². The molecule has 0 fully saturated rings. The highest BCUT2D eigenvalue weighted by molar-refractivity contribution is 14.1. The SMILES string of the molecule is CC(C)CCOc1ccc(C(=O)NNC(=O)c2ccccc2I)cc1Br. The van der Waals surface area contributed by atoms with Gasteiger partial charge in [0.1, 0.15) is 5.75 Å². The number of benzene rings is 2. The Balaban J connectivity index is 1.94. The first kappa shape index (κ1) is 20.7. The average molecular weight is 531 g/mol. The van der Waals surface area contributed by atoms with E-state index in [0.29, 0.717) is 33.9 Å². The Hall–Kier alpha value is -1.61. The van der Waals surface area contributed by atoms with Crippen LogP contribution in [-0.2, 0) is 0 Å². The fourth-order valence-corrected chi connectivity index (χ4v) is 3.19. The van der Waals surface area contributed by atoms with Gasteiger partial charge >= 0.3 is 0 Å². The van der Waals surface area contributed by atoms with Gasteiger partial charge in [0.25, 0.3) is 11.8 Å². The highest BCUT2D eigenvalue weighted by Gasteiger charge is 2.13. The average Bonchev–Trinajstić information content (AvgIpc) is 2.60. The maximum absolute atomic E-state index is 12.2. The molecule has 0 saturated carbocycles. The van der Waals surface area contributed by atoms with Crippen LogP contribution in [0.1, 0.15) is 41.0 Å². The maximum atomic E-state index is 12.2. The van der Waals surface area contributed by atoms with Gasteiger partial charge in [-0.25, -0.2) is 0 Å². The summed E-state index contributed by atoms with van der Waals surface area (Å²) in [6, 6.07) is 12.2. The second-order valence-corrected chi connectivity index (χ2v) is 8.08. The van der Waals surface area contributed by atoms with Crippen molar-refractivity contribution in [2.24, 2.45) is 5.92 Å². The molecule has 2 amide bonds. The van der Waals surface area contributed by atoms with E-state index in [9.17, 15) is 9.59 Å². The highest BCUT2D eigenvalue weighted by Crippen LogP contribution is 2.26. The minimum Gasteiger partial charge on any atom is -0.492 e. The van der Waals surface area contributed by atoms with Crippen molar-refractivity contribution in [2.75, 3.05) is 6.61 Å². The van der Waals surface area contributed by atoms with Crippen LogP contribution in [0.5, 0.6) is 5.75 Å². The summed E-state index contributed by atoms with van der Waals surface area (Å²) in [5.74, 6) is 0.481. The predicted molar refractivity (Wildman–Crippen MR) is 113 cm³/mol. The van der Waals surface area contributed by atoms with E-state index in [-0.39, 0.29) is 5.91 Å². The molecule has 0 unspecified atom stereocenters. The summed E-state index contributed by atoms with van der Waals surface area (Å²) in [7, 11) is 0. The van der Waals surface area contributed by atoms with E-state index in [1.807, 2.05) is 12.1 Å². The molecular weight excluding hydrogens is 511 g/mol. The van der Waals surface area contributed by atoms with E-state index in [2.05, 4.69) is 63.2 Å². The van der Waals surface area contributed by atoms with Gasteiger partial charge in [0.05, 0.1) is 16.6 Å². The molecule has 0 bridgehead atoms. The third-order valence-electron chi connectivity index (χ3n) is 3.55. The van der Waals surface area contributed by atoms with Gasteiger partial charge in [-0.1, -0.05) is 26.0 Å². The summed E-state index contributed by atoms with van der Waals surface area (Å²) in [4.78, 5) is 24.4. The number of amides is 2. The Morgan fingerprint density at radius 2 is 1.81 bits per heavy atom. The number of hydrazine groups is 1. The zero-order valence-corrected chi connectivity index (χ0v) is 18.3. The van der Waals surface area contributed by atoms with Crippen LogP contribution in [0.3, 0.4) is 0 Å². The standard InChI is InChI=1S/C19H20BrIN2O3/c1-12(2)9-10-26-17-8-7-13(11-15(17)20)18(24)22-23-19(25)14-5-3-4-6-16(14)21/h3-8,11-12H,9-10H2,1-2H3,(H,22,24)(H,23,25). The highest BCUT2D eigenvalue weighted by atomic mass is 127. The van der Waals surface area contributed by atoms with Gasteiger partial charge in [-0.3, -0.25) is 20.4 Å². The molecule has 0 spiro atoms. The molecule has 0 radical (unpaired) electrons. The van der Waals surface area contributed by atoms with E-state index < -0.39 is 5.91 Å². The number of nitrogens with one attached hydrogen (secondary N) is 2. The fraction of sp³-hybridized carbons (Fsp3) is 0.263. The van der Waals surface area contributed by atoms with Gasteiger partial charge in [-0.05, 0) is 81.2 Å². The number of carbonyl (C=O) groups excluding carboxylic acids is 2. The largest absolute Gasteiger partial charge is 0.492 e. The van der Waals surface area contributed by atoms with Crippen molar-refractivity contribution in [1.29, 1.82) is 0 Å². The molecule has 0 atom stereocenters. The molecule has 0 aliphatic rings. The van der Waals surface area contributed by atoms with Crippen molar-refractivity contribution in [1.82, 2.24) is 10.9 Å². The van der Waals surface area contributed by atoms with Crippen LogP contribution in [-0.4, -0.2) is 18.4 Å². The fourth-order valence-electron chi connectivity index (χ4n) is 2.06.